The Morgan fingerprint density at radius 3 is 2.76 bits per heavy atom. The molecule has 4 atom stereocenters. The third kappa shape index (κ3) is 3.82. The van der Waals surface area contributed by atoms with E-state index in [9.17, 15) is 0 Å². The largest absolute Gasteiger partial charge is 0.381 e. The molecule has 1 aromatic rings. The summed E-state index contributed by atoms with van der Waals surface area (Å²) >= 11 is 6.54. The fourth-order valence-electron chi connectivity index (χ4n) is 4.71. The zero-order valence-electron chi connectivity index (χ0n) is 15.4. The molecule has 3 aliphatic rings. The average molecular weight is 364 g/mol. The molecule has 0 saturated carbocycles. The van der Waals surface area contributed by atoms with Crippen molar-refractivity contribution in [1.29, 1.82) is 0 Å². The Hall–Kier alpha value is -0.810. The van der Waals surface area contributed by atoms with Crippen molar-refractivity contribution in [3.8, 4) is 0 Å². The SMILES string of the molecule is CC1CC(N(C)Cc2ccc(Cl)c(N3CC4COCC4C3)c2)CCN1. The monoisotopic (exact) mass is 363 g/mol. The van der Waals surface area contributed by atoms with E-state index in [1.54, 1.807) is 0 Å². The highest BCUT2D eigenvalue weighted by atomic mass is 35.5. The van der Waals surface area contributed by atoms with Crippen LogP contribution in [0.1, 0.15) is 25.3 Å². The lowest BCUT2D eigenvalue weighted by Gasteiger charge is -2.35. The Kier molecular flexibility index (Phi) is 5.23. The highest BCUT2D eigenvalue weighted by molar-refractivity contribution is 6.33. The number of nitrogens with one attached hydrogen (secondary N) is 1. The zero-order valence-corrected chi connectivity index (χ0v) is 16.1. The lowest BCUT2D eigenvalue weighted by molar-refractivity contribution is 0.172. The van der Waals surface area contributed by atoms with Gasteiger partial charge >= 0.3 is 0 Å². The van der Waals surface area contributed by atoms with Gasteiger partial charge in [0, 0.05) is 43.6 Å². The van der Waals surface area contributed by atoms with Crippen LogP contribution in [0, 0.1) is 11.8 Å². The fourth-order valence-corrected chi connectivity index (χ4v) is 4.94. The summed E-state index contributed by atoms with van der Waals surface area (Å²) in [6, 6.07) is 7.86. The maximum Gasteiger partial charge on any atom is 0.0639 e. The van der Waals surface area contributed by atoms with Crippen LogP contribution in [-0.2, 0) is 11.3 Å². The number of rotatable bonds is 4. The standard InChI is InChI=1S/C20H30ClN3O/c1-14-7-18(5-6-22-14)23(2)9-15-3-4-19(21)20(8-15)24-10-16-12-25-13-17(16)11-24/h3-4,8,14,16-18,22H,5-7,9-13H2,1-2H3. The molecule has 4 rings (SSSR count). The van der Waals surface area contributed by atoms with Gasteiger partial charge in [-0.25, -0.2) is 0 Å². The van der Waals surface area contributed by atoms with Gasteiger partial charge in [0.1, 0.15) is 0 Å². The molecule has 3 saturated heterocycles. The predicted octanol–water partition coefficient (Wildman–Crippen LogP) is 2.99. The van der Waals surface area contributed by atoms with Crippen LogP contribution < -0.4 is 10.2 Å². The molecule has 0 amide bonds. The van der Waals surface area contributed by atoms with Crippen LogP contribution in [0.5, 0.6) is 0 Å². The number of benzene rings is 1. The fraction of sp³-hybridized carbons (Fsp3) is 0.700. The number of fused-ring (bicyclic) bond motifs is 1. The quantitative estimate of drug-likeness (QED) is 0.890. The summed E-state index contributed by atoms with van der Waals surface area (Å²) in [7, 11) is 2.26. The van der Waals surface area contributed by atoms with Crippen LogP contribution in [0.3, 0.4) is 0 Å². The maximum absolute atomic E-state index is 6.54. The highest BCUT2D eigenvalue weighted by Crippen LogP contribution is 2.36. The molecule has 5 heteroatoms. The van der Waals surface area contributed by atoms with E-state index in [0.29, 0.717) is 23.9 Å². The summed E-state index contributed by atoms with van der Waals surface area (Å²) in [5.74, 6) is 1.36. The number of hydrogen-bond acceptors (Lipinski definition) is 4. The van der Waals surface area contributed by atoms with Crippen LogP contribution in [0.15, 0.2) is 18.2 Å². The normalized spacial score (nSPS) is 32.4. The zero-order chi connectivity index (χ0) is 17.4. The molecule has 138 valence electrons. The average Bonchev–Trinajstić information content (AvgIpc) is 3.18. The second kappa shape index (κ2) is 7.43. The van der Waals surface area contributed by atoms with Crippen molar-refractivity contribution in [2.45, 2.75) is 38.4 Å². The smallest absolute Gasteiger partial charge is 0.0639 e. The lowest BCUT2D eigenvalue weighted by atomic mass is 9.99. The van der Waals surface area contributed by atoms with Gasteiger partial charge in [0.25, 0.3) is 0 Å². The van der Waals surface area contributed by atoms with E-state index >= 15 is 0 Å². The third-order valence-electron chi connectivity index (χ3n) is 6.24. The highest BCUT2D eigenvalue weighted by Gasteiger charge is 2.37. The first-order valence-corrected chi connectivity index (χ1v) is 10.0. The summed E-state index contributed by atoms with van der Waals surface area (Å²) in [6.45, 7) is 8.38. The maximum atomic E-state index is 6.54. The molecule has 0 bridgehead atoms. The van der Waals surface area contributed by atoms with Gasteiger partial charge < -0.3 is 15.0 Å². The second-order valence-electron chi connectivity index (χ2n) is 8.20. The number of piperidine rings is 1. The van der Waals surface area contributed by atoms with Crippen molar-refractivity contribution in [3.63, 3.8) is 0 Å². The Morgan fingerprint density at radius 1 is 1.28 bits per heavy atom. The molecule has 3 fully saturated rings. The Bertz CT molecular complexity index is 599. The molecular formula is C20H30ClN3O. The van der Waals surface area contributed by atoms with Gasteiger partial charge in [-0.15, -0.1) is 0 Å². The predicted molar refractivity (Wildman–Crippen MR) is 103 cm³/mol. The topological polar surface area (TPSA) is 27.7 Å². The van der Waals surface area contributed by atoms with Crippen LogP contribution in [0.4, 0.5) is 5.69 Å². The van der Waals surface area contributed by atoms with E-state index in [2.05, 4.69) is 47.3 Å². The van der Waals surface area contributed by atoms with Crippen LogP contribution in [0.25, 0.3) is 0 Å². The van der Waals surface area contributed by atoms with Crippen molar-refractivity contribution in [2.24, 2.45) is 11.8 Å². The van der Waals surface area contributed by atoms with Gasteiger partial charge in [-0.2, -0.15) is 0 Å². The Labute approximate surface area is 156 Å². The second-order valence-corrected chi connectivity index (χ2v) is 8.60. The van der Waals surface area contributed by atoms with Crippen LogP contribution in [-0.4, -0.2) is 56.9 Å². The molecule has 3 aliphatic heterocycles. The first kappa shape index (κ1) is 17.6. The summed E-state index contributed by atoms with van der Waals surface area (Å²) in [5, 5.41) is 4.42. The van der Waals surface area contributed by atoms with Gasteiger partial charge in [0.2, 0.25) is 0 Å². The molecule has 0 aliphatic carbocycles. The Balaban J connectivity index is 1.44. The van der Waals surface area contributed by atoms with Crippen LogP contribution >= 0.6 is 11.6 Å². The number of anilines is 1. The molecule has 0 radical (unpaired) electrons. The first-order chi connectivity index (χ1) is 12.1. The minimum absolute atomic E-state index is 0.619. The minimum Gasteiger partial charge on any atom is -0.381 e. The molecule has 25 heavy (non-hydrogen) atoms. The molecule has 4 nitrogen and oxygen atoms in total. The van der Waals surface area contributed by atoms with Crippen molar-refractivity contribution in [1.82, 2.24) is 10.2 Å². The molecule has 0 spiro atoms. The van der Waals surface area contributed by atoms with E-state index in [0.717, 1.165) is 44.4 Å². The number of halogens is 1. The van der Waals surface area contributed by atoms with Crippen molar-refractivity contribution in [3.05, 3.63) is 28.8 Å². The van der Waals surface area contributed by atoms with E-state index < -0.39 is 0 Å². The van der Waals surface area contributed by atoms with E-state index in [4.69, 9.17) is 16.3 Å². The number of hydrogen-bond donors (Lipinski definition) is 1. The molecule has 1 N–H and O–H groups in total. The van der Waals surface area contributed by atoms with Crippen molar-refractivity contribution in [2.75, 3.05) is 44.8 Å². The summed E-state index contributed by atoms with van der Waals surface area (Å²) in [4.78, 5) is 4.98. The summed E-state index contributed by atoms with van der Waals surface area (Å²) < 4.78 is 5.61. The minimum atomic E-state index is 0.619. The third-order valence-corrected chi connectivity index (χ3v) is 6.56. The van der Waals surface area contributed by atoms with Gasteiger partial charge in [0.05, 0.1) is 23.9 Å². The van der Waals surface area contributed by atoms with Crippen molar-refractivity contribution < 1.29 is 4.74 Å². The molecule has 3 heterocycles. The first-order valence-electron chi connectivity index (χ1n) is 9.65. The van der Waals surface area contributed by atoms with Gasteiger partial charge in [-0.3, -0.25) is 4.90 Å². The molecule has 0 aromatic heterocycles. The lowest BCUT2D eigenvalue weighted by Crippen LogP contribution is -2.45. The van der Waals surface area contributed by atoms with E-state index in [1.807, 2.05) is 0 Å². The number of ether oxygens (including phenoxy) is 1. The van der Waals surface area contributed by atoms with E-state index in [1.165, 1.54) is 24.1 Å². The Morgan fingerprint density at radius 2 is 2.04 bits per heavy atom. The van der Waals surface area contributed by atoms with Gasteiger partial charge in [0.15, 0.2) is 0 Å². The van der Waals surface area contributed by atoms with Gasteiger partial charge in [-0.05, 0) is 51.1 Å². The molecule has 4 unspecified atom stereocenters. The summed E-state index contributed by atoms with van der Waals surface area (Å²) in [5.41, 5.74) is 2.57. The van der Waals surface area contributed by atoms with Crippen LogP contribution in [0.2, 0.25) is 5.02 Å². The summed E-state index contributed by atoms with van der Waals surface area (Å²) in [6.07, 6.45) is 2.46. The van der Waals surface area contributed by atoms with E-state index in [-0.39, 0.29) is 0 Å². The molecule has 1 aromatic carbocycles. The number of nitrogens with zero attached hydrogens (tertiary/aromatic N) is 2. The molecular weight excluding hydrogens is 334 g/mol. The van der Waals surface area contributed by atoms with Gasteiger partial charge in [-0.1, -0.05) is 17.7 Å². The van der Waals surface area contributed by atoms with Crippen molar-refractivity contribution >= 4 is 17.3 Å².